The van der Waals surface area contributed by atoms with Crippen LogP contribution in [0.3, 0.4) is 0 Å². The maximum absolute atomic E-state index is 11.9. The largest absolute Gasteiger partial charge is 0.340 e. The van der Waals surface area contributed by atoms with Gasteiger partial charge in [0.25, 0.3) is 0 Å². The van der Waals surface area contributed by atoms with Gasteiger partial charge in [0.15, 0.2) is 6.29 Å². The first kappa shape index (κ1) is 10.4. The average Bonchev–Trinajstić information content (AvgIpc) is 2.91. The Balaban J connectivity index is 1.66. The lowest BCUT2D eigenvalue weighted by Gasteiger charge is -2.15. The summed E-state index contributed by atoms with van der Waals surface area (Å²) >= 11 is 0. The summed E-state index contributed by atoms with van der Waals surface area (Å²) in [5.74, 6) is 0.554. The number of aromatic nitrogens is 3. The van der Waals surface area contributed by atoms with Gasteiger partial charge in [-0.3, -0.25) is 9.59 Å². The van der Waals surface area contributed by atoms with E-state index in [0.717, 1.165) is 25.8 Å². The van der Waals surface area contributed by atoms with Crippen molar-refractivity contribution in [2.75, 3.05) is 13.1 Å². The molecule has 90 valence electrons. The Kier molecular flexibility index (Phi) is 2.42. The van der Waals surface area contributed by atoms with Crippen molar-refractivity contribution in [3.63, 3.8) is 0 Å². The molecular formula is C11H14N4O2. The molecule has 1 amide bonds. The number of carbonyl (C=O) groups is 2. The second kappa shape index (κ2) is 3.94. The minimum atomic E-state index is 0.166. The van der Waals surface area contributed by atoms with Crippen LogP contribution in [0.2, 0.25) is 0 Å². The fraction of sp³-hybridized carbons (Fsp3) is 0.636. The van der Waals surface area contributed by atoms with Crippen molar-refractivity contribution >= 4 is 12.2 Å². The molecule has 1 saturated carbocycles. The van der Waals surface area contributed by atoms with E-state index in [9.17, 15) is 9.59 Å². The molecule has 0 N–H and O–H groups in total. The fourth-order valence-electron chi connectivity index (χ4n) is 2.27. The molecule has 6 nitrogen and oxygen atoms in total. The third-order valence-corrected chi connectivity index (χ3v) is 3.42. The monoisotopic (exact) mass is 234 g/mol. The highest BCUT2D eigenvalue weighted by atomic mass is 16.2. The lowest BCUT2D eigenvalue weighted by atomic mass is 10.3. The highest BCUT2D eigenvalue weighted by molar-refractivity contribution is 5.81. The van der Waals surface area contributed by atoms with Crippen LogP contribution in [0.5, 0.6) is 0 Å². The molecule has 1 atom stereocenters. The van der Waals surface area contributed by atoms with Gasteiger partial charge in [-0.05, 0) is 19.3 Å². The summed E-state index contributed by atoms with van der Waals surface area (Å²) in [6, 6.07) is 0.166. The molecule has 1 saturated heterocycles. The van der Waals surface area contributed by atoms with Crippen LogP contribution in [0.25, 0.3) is 0 Å². The number of nitrogens with zero attached hydrogens (tertiary/aromatic N) is 4. The van der Waals surface area contributed by atoms with Crippen LogP contribution >= 0.6 is 0 Å². The maximum Gasteiger partial charge on any atom is 0.225 e. The Bertz CT molecular complexity index is 452. The number of rotatable bonds is 3. The molecule has 0 aromatic carbocycles. The standard InChI is InChI=1S/C11H14N4O2/c16-7-9-5-15(13-12-9)10-3-4-14(6-10)11(17)8-1-2-8/h5,7-8,10H,1-4,6H2. The van der Waals surface area contributed by atoms with Gasteiger partial charge < -0.3 is 4.90 Å². The van der Waals surface area contributed by atoms with E-state index >= 15 is 0 Å². The Labute approximate surface area is 98.6 Å². The normalized spacial score (nSPS) is 24.0. The zero-order valence-corrected chi connectivity index (χ0v) is 9.45. The number of hydrogen-bond acceptors (Lipinski definition) is 4. The molecule has 1 aliphatic heterocycles. The molecule has 6 heteroatoms. The first-order valence-corrected chi connectivity index (χ1v) is 5.93. The highest BCUT2D eigenvalue weighted by Crippen LogP contribution is 2.33. The van der Waals surface area contributed by atoms with Crippen molar-refractivity contribution < 1.29 is 9.59 Å². The van der Waals surface area contributed by atoms with E-state index in [1.54, 1.807) is 10.9 Å². The van der Waals surface area contributed by atoms with Gasteiger partial charge in [-0.1, -0.05) is 5.21 Å². The summed E-state index contributed by atoms with van der Waals surface area (Å²) in [5.41, 5.74) is 0.344. The fourth-order valence-corrected chi connectivity index (χ4v) is 2.27. The van der Waals surface area contributed by atoms with E-state index in [2.05, 4.69) is 10.3 Å². The topological polar surface area (TPSA) is 68.1 Å². The van der Waals surface area contributed by atoms with Gasteiger partial charge in [-0.25, -0.2) is 4.68 Å². The van der Waals surface area contributed by atoms with Crippen molar-refractivity contribution in [1.82, 2.24) is 19.9 Å². The van der Waals surface area contributed by atoms with Crippen LogP contribution in [0.4, 0.5) is 0 Å². The van der Waals surface area contributed by atoms with Gasteiger partial charge in [0, 0.05) is 19.0 Å². The van der Waals surface area contributed by atoms with Gasteiger partial charge in [-0.2, -0.15) is 0 Å². The molecule has 1 aromatic heterocycles. The molecule has 3 rings (SSSR count). The average molecular weight is 234 g/mol. The third kappa shape index (κ3) is 1.94. The first-order valence-electron chi connectivity index (χ1n) is 5.93. The minimum absolute atomic E-state index is 0.166. The molecule has 17 heavy (non-hydrogen) atoms. The van der Waals surface area contributed by atoms with Crippen LogP contribution < -0.4 is 0 Å². The van der Waals surface area contributed by atoms with E-state index in [1.807, 2.05) is 4.90 Å². The molecular weight excluding hydrogens is 220 g/mol. The second-order valence-electron chi connectivity index (χ2n) is 4.74. The zero-order valence-electron chi connectivity index (χ0n) is 9.45. The predicted molar refractivity (Wildman–Crippen MR) is 58.4 cm³/mol. The summed E-state index contributed by atoms with van der Waals surface area (Å²) in [6.07, 6.45) is 5.30. The maximum atomic E-state index is 11.9. The summed E-state index contributed by atoms with van der Waals surface area (Å²) in [5, 5.41) is 7.66. The lowest BCUT2D eigenvalue weighted by molar-refractivity contribution is -0.131. The molecule has 0 spiro atoms. The van der Waals surface area contributed by atoms with Crippen molar-refractivity contribution in [1.29, 1.82) is 0 Å². The molecule has 2 fully saturated rings. The van der Waals surface area contributed by atoms with Gasteiger partial charge in [0.2, 0.25) is 5.91 Å². The molecule has 1 aliphatic carbocycles. The summed E-state index contributed by atoms with van der Waals surface area (Å²) in [4.78, 5) is 24.3. The van der Waals surface area contributed by atoms with Crippen LogP contribution in [0, 0.1) is 5.92 Å². The second-order valence-corrected chi connectivity index (χ2v) is 4.74. The number of aldehydes is 1. The van der Waals surface area contributed by atoms with Crippen molar-refractivity contribution in [2.45, 2.75) is 25.3 Å². The predicted octanol–water partition coefficient (Wildman–Crippen LogP) is 0.274. The number of carbonyl (C=O) groups excluding carboxylic acids is 2. The lowest BCUT2D eigenvalue weighted by Crippen LogP contribution is -2.30. The van der Waals surface area contributed by atoms with Gasteiger partial charge in [0.05, 0.1) is 12.2 Å². The van der Waals surface area contributed by atoms with Crippen LogP contribution in [-0.2, 0) is 4.79 Å². The molecule has 2 heterocycles. The number of hydrogen-bond donors (Lipinski definition) is 0. The van der Waals surface area contributed by atoms with E-state index in [1.165, 1.54) is 0 Å². The van der Waals surface area contributed by atoms with Crippen molar-refractivity contribution in [3.05, 3.63) is 11.9 Å². The molecule has 0 bridgehead atoms. The minimum Gasteiger partial charge on any atom is -0.340 e. The quantitative estimate of drug-likeness (QED) is 0.704. The van der Waals surface area contributed by atoms with Crippen LogP contribution in [0.1, 0.15) is 35.8 Å². The molecule has 1 aromatic rings. The Morgan fingerprint density at radius 2 is 2.24 bits per heavy atom. The van der Waals surface area contributed by atoms with Gasteiger partial charge >= 0.3 is 0 Å². The van der Waals surface area contributed by atoms with E-state index in [-0.39, 0.29) is 17.9 Å². The zero-order chi connectivity index (χ0) is 11.8. The van der Waals surface area contributed by atoms with Crippen molar-refractivity contribution in [2.24, 2.45) is 5.92 Å². The third-order valence-electron chi connectivity index (χ3n) is 3.42. The summed E-state index contributed by atoms with van der Waals surface area (Å²) in [7, 11) is 0. The van der Waals surface area contributed by atoms with Gasteiger partial charge in [0.1, 0.15) is 5.69 Å². The van der Waals surface area contributed by atoms with E-state index < -0.39 is 0 Å². The first-order chi connectivity index (χ1) is 8.28. The Hall–Kier alpha value is -1.72. The smallest absolute Gasteiger partial charge is 0.225 e. The highest BCUT2D eigenvalue weighted by Gasteiger charge is 2.37. The van der Waals surface area contributed by atoms with E-state index in [4.69, 9.17) is 0 Å². The SMILES string of the molecule is O=Cc1cn(C2CCN(C(=O)C3CC3)C2)nn1. The number of likely N-dealkylation sites (tertiary alicyclic amines) is 1. The Morgan fingerprint density at radius 3 is 2.88 bits per heavy atom. The molecule has 2 aliphatic rings. The van der Waals surface area contributed by atoms with Crippen LogP contribution in [0.15, 0.2) is 6.20 Å². The number of amides is 1. The summed E-state index contributed by atoms with van der Waals surface area (Å²) < 4.78 is 1.70. The molecule has 1 unspecified atom stereocenters. The van der Waals surface area contributed by atoms with Crippen LogP contribution in [-0.4, -0.2) is 45.2 Å². The van der Waals surface area contributed by atoms with E-state index in [0.29, 0.717) is 18.5 Å². The Morgan fingerprint density at radius 1 is 1.41 bits per heavy atom. The summed E-state index contributed by atoms with van der Waals surface area (Å²) in [6.45, 7) is 1.48. The van der Waals surface area contributed by atoms with Gasteiger partial charge in [-0.15, -0.1) is 5.10 Å². The molecule has 0 radical (unpaired) electrons. The van der Waals surface area contributed by atoms with Crippen molar-refractivity contribution in [3.8, 4) is 0 Å².